The lowest BCUT2D eigenvalue weighted by Gasteiger charge is -2.46. The highest BCUT2D eigenvalue weighted by molar-refractivity contribution is 5.16. The van der Waals surface area contributed by atoms with Gasteiger partial charge in [0.1, 0.15) is 18.3 Å². The number of aliphatic hydroxyl groups is 1. The number of azide groups is 1. The minimum Gasteiger partial charge on any atom is -0.387 e. The zero-order valence-electron chi connectivity index (χ0n) is 12.0. The Bertz CT molecular complexity index is 551. The van der Waals surface area contributed by atoms with Crippen molar-refractivity contribution in [2.75, 3.05) is 13.7 Å². The molecule has 3 rings (SSSR count). The fourth-order valence-corrected chi connectivity index (χ4v) is 2.75. The maximum absolute atomic E-state index is 10.2. The van der Waals surface area contributed by atoms with Crippen LogP contribution in [0.15, 0.2) is 35.4 Å². The van der Waals surface area contributed by atoms with E-state index in [1.165, 1.54) is 7.11 Å². The van der Waals surface area contributed by atoms with Crippen molar-refractivity contribution in [1.82, 2.24) is 0 Å². The Morgan fingerprint density at radius 1 is 1.32 bits per heavy atom. The maximum Gasteiger partial charge on any atom is 0.184 e. The quantitative estimate of drug-likeness (QED) is 0.517. The van der Waals surface area contributed by atoms with Crippen LogP contribution in [0.1, 0.15) is 11.9 Å². The third kappa shape index (κ3) is 2.80. The lowest BCUT2D eigenvalue weighted by molar-refractivity contribution is -0.337. The second kappa shape index (κ2) is 6.62. The average Bonchev–Trinajstić information content (AvgIpc) is 2.57. The summed E-state index contributed by atoms with van der Waals surface area (Å²) in [7, 11) is 1.42. The number of aliphatic hydroxyl groups excluding tert-OH is 1. The van der Waals surface area contributed by atoms with Gasteiger partial charge < -0.3 is 24.1 Å². The van der Waals surface area contributed by atoms with Gasteiger partial charge in [0.2, 0.25) is 0 Å². The minimum atomic E-state index is -1.10. The Morgan fingerprint density at radius 3 is 2.77 bits per heavy atom. The van der Waals surface area contributed by atoms with Gasteiger partial charge in [0.25, 0.3) is 0 Å². The second-order valence-electron chi connectivity index (χ2n) is 5.14. The summed E-state index contributed by atoms with van der Waals surface area (Å²) in [4.78, 5) is 2.80. The van der Waals surface area contributed by atoms with Crippen molar-refractivity contribution in [3.63, 3.8) is 0 Å². The van der Waals surface area contributed by atoms with Crippen LogP contribution in [0.3, 0.4) is 0 Å². The SMILES string of the molecule is CO[C@H]1O[C@H]2CO[C@H](c3ccccc3)O[C@@H]2[C@@H](N=[N+]=[N-])[C@@H]1O. The molecule has 0 spiro atoms. The summed E-state index contributed by atoms with van der Waals surface area (Å²) in [5, 5.41) is 13.9. The molecule has 0 bridgehead atoms. The summed E-state index contributed by atoms with van der Waals surface area (Å²) >= 11 is 0. The number of hydrogen-bond donors (Lipinski definition) is 1. The van der Waals surface area contributed by atoms with Gasteiger partial charge in [-0.15, -0.1) is 0 Å². The molecule has 2 heterocycles. The molecule has 22 heavy (non-hydrogen) atoms. The van der Waals surface area contributed by atoms with E-state index >= 15 is 0 Å². The molecule has 0 aromatic heterocycles. The van der Waals surface area contributed by atoms with E-state index in [0.717, 1.165) is 5.56 Å². The van der Waals surface area contributed by atoms with Gasteiger partial charge in [-0.1, -0.05) is 35.4 Å². The van der Waals surface area contributed by atoms with Gasteiger partial charge in [0, 0.05) is 17.6 Å². The lowest BCUT2D eigenvalue weighted by atomic mass is 9.96. The van der Waals surface area contributed by atoms with Gasteiger partial charge in [-0.25, -0.2) is 0 Å². The highest BCUT2D eigenvalue weighted by Gasteiger charge is 2.49. The van der Waals surface area contributed by atoms with Gasteiger partial charge in [0.15, 0.2) is 12.6 Å². The van der Waals surface area contributed by atoms with Gasteiger partial charge >= 0.3 is 0 Å². The van der Waals surface area contributed by atoms with E-state index in [9.17, 15) is 5.11 Å². The van der Waals surface area contributed by atoms with E-state index in [1.807, 2.05) is 30.3 Å². The third-order valence-corrected chi connectivity index (χ3v) is 3.82. The normalized spacial score (nSPS) is 37.9. The molecule has 0 aliphatic carbocycles. The summed E-state index contributed by atoms with van der Waals surface area (Å²) in [6.45, 7) is 0.258. The molecule has 0 saturated carbocycles. The lowest BCUT2D eigenvalue weighted by Crippen LogP contribution is -2.61. The Labute approximate surface area is 127 Å². The van der Waals surface area contributed by atoms with Crippen molar-refractivity contribution in [2.45, 2.75) is 36.9 Å². The second-order valence-corrected chi connectivity index (χ2v) is 5.14. The molecule has 8 nitrogen and oxygen atoms in total. The Morgan fingerprint density at radius 2 is 2.09 bits per heavy atom. The molecular weight excluding hydrogens is 290 g/mol. The smallest absolute Gasteiger partial charge is 0.184 e. The van der Waals surface area contributed by atoms with Crippen LogP contribution < -0.4 is 0 Å². The van der Waals surface area contributed by atoms with Crippen molar-refractivity contribution >= 4 is 0 Å². The van der Waals surface area contributed by atoms with Crippen LogP contribution >= 0.6 is 0 Å². The summed E-state index contributed by atoms with van der Waals surface area (Å²) in [6.07, 6.45) is -3.64. The first-order valence-corrected chi connectivity index (χ1v) is 6.97. The van der Waals surface area contributed by atoms with Crippen molar-refractivity contribution in [3.05, 3.63) is 46.3 Å². The van der Waals surface area contributed by atoms with Crippen molar-refractivity contribution in [1.29, 1.82) is 0 Å². The zero-order valence-corrected chi connectivity index (χ0v) is 12.0. The van der Waals surface area contributed by atoms with E-state index in [2.05, 4.69) is 10.0 Å². The highest BCUT2D eigenvalue weighted by atomic mass is 16.7. The van der Waals surface area contributed by atoms with Crippen molar-refractivity contribution in [3.8, 4) is 0 Å². The molecule has 1 aromatic carbocycles. The number of benzene rings is 1. The van der Waals surface area contributed by atoms with Crippen LogP contribution in [0.25, 0.3) is 10.4 Å². The maximum atomic E-state index is 10.2. The molecule has 2 saturated heterocycles. The van der Waals surface area contributed by atoms with E-state index < -0.39 is 36.9 Å². The molecule has 118 valence electrons. The highest BCUT2D eigenvalue weighted by Crippen LogP contribution is 2.35. The summed E-state index contributed by atoms with van der Waals surface area (Å²) in [5.41, 5.74) is 9.60. The summed E-state index contributed by atoms with van der Waals surface area (Å²) in [5.74, 6) is 0. The first-order valence-electron chi connectivity index (χ1n) is 6.97. The number of hydrogen-bond acceptors (Lipinski definition) is 6. The van der Waals surface area contributed by atoms with Crippen LogP contribution in [-0.4, -0.2) is 49.5 Å². The molecule has 2 aliphatic heterocycles. The zero-order chi connectivity index (χ0) is 15.5. The Hall–Kier alpha value is -1.67. The monoisotopic (exact) mass is 307 g/mol. The Balaban J connectivity index is 1.82. The fraction of sp³-hybridized carbons (Fsp3) is 0.571. The van der Waals surface area contributed by atoms with E-state index in [-0.39, 0.29) is 6.61 Å². The summed E-state index contributed by atoms with van der Waals surface area (Å²) < 4.78 is 22.2. The standard InChI is InChI=1S/C14H17N3O5/c1-19-14-11(18)10(16-17-15)12-9(21-14)7-20-13(22-12)8-5-3-2-4-6-8/h2-6,9-14,18H,7H2,1H3/t9-,10-,11-,12-,13-,14-/m0/s1. The van der Waals surface area contributed by atoms with Crippen molar-refractivity contribution in [2.24, 2.45) is 5.11 Å². The number of rotatable bonds is 3. The van der Waals surface area contributed by atoms with Crippen LogP contribution in [0.5, 0.6) is 0 Å². The molecule has 6 atom stereocenters. The number of fused-ring (bicyclic) bond motifs is 1. The number of ether oxygens (including phenoxy) is 4. The molecule has 1 aromatic rings. The van der Waals surface area contributed by atoms with Crippen LogP contribution in [-0.2, 0) is 18.9 Å². The first-order chi connectivity index (χ1) is 10.7. The van der Waals surface area contributed by atoms with E-state index in [0.29, 0.717) is 0 Å². The molecular formula is C14H17N3O5. The molecule has 0 unspecified atom stereocenters. The third-order valence-electron chi connectivity index (χ3n) is 3.82. The molecule has 2 fully saturated rings. The van der Waals surface area contributed by atoms with Crippen LogP contribution in [0.4, 0.5) is 0 Å². The number of methoxy groups -OCH3 is 1. The molecule has 0 radical (unpaired) electrons. The summed E-state index contributed by atoms with van der Waals surface area (Å²) in [6, 6.07) is 8.62. The first kappa shape index (κ1) is 15.2. The van der Waals surface area contributed by atoms with Gasteiger partial charge in [0.05, 0.1) is 12.6 Å². The Kier molecular flexibility index (Phi) is 4.58. The number of nitrogens with zero attached hydrogens (tertiary/aromatic N) is 3. The largest absolute Gasteiger partial charge is 0.387 e. The van der Waals surface area contributed by atoms with Gasteiger partial charge in [-0.05, 0) is 5.53 Å². The molecule has 2 aliphatic rings. The topological polar surface area (TPSA) is 106 Å². The predicted octanol–water partition coefficient (Wildman–Crippen LogP) is 1.51. The van der Waals surface area contributed by atoms with Crippen molar-refractivity contribution < 1.29 is 24.1 Å². The van der Waals surface area contributed by atoms with E-state index in [1.54, 1.807) is 0 Å². The predicted molar refractivity (Wildman–Crippen MR) is 74.6 cm³/mol. The minimum absolute atomic E-state index is 0.258. The molecule has 0 amide bonds. The van der Waals surface area contributed by atoms with Crippen LogP contribution in [0, 0.1) is 0 Å². The van der Waals surface area contributed by atoms with E-state index in [4.69, 9.17) is 24.5 Å². The molecule has 1 N–H and O–H groups in total. The van der Waals surface area contributed by atoms with Crippen LogP contribution in [0.2, 0.25) is 0 Å². The van der Waals surface area contributed by atoms with Gasteiger partial charge in [-0.2, -0.15) is 0 Å². The average molecular weight is 307 g/mol. The van der Waals surface area contributed by atoms with Gasteiger partial charge in [-0.3, -0.25) is 0 Å². The molecule has 8 heteroatoms. The fourth-order valence-electron chi connectivity index (χ4n) is 2.75.